The Hall–Kier alpha value is -1.37. The number of halogens is 1. The average Bonchev–Trinajstić information content (AvgIpc) is 2.51. The molecule has 1 N–H and O–H groups in total. The molecule has 0 atom stereocenters. The number of hydrogen-bond donors (Lipinski definition) is 1. The number of benzene rings is 2. The van der Waals surface area contributed by atoms with Crippen LogP contribution in [0.3, 0.4) is 0 Å². The van der Waals surface area contributed by atoms with Crippen molar-refractivity contribution in [3.05, 3.63) is 65.0 Å². The number of hydrogen-bond acceptors (Lipinski definition) is 3. The molecule has 0 heterocycles. The fourth-order valence-electron chi connectivity index (χ4n) is 2.07. The molecule has 2 aromatic rings. The molecule has 23 heavy (non-hydrogen) atoms. The third-order valence-corrected chi connectivity index (χ3v) is 5.96. The second kappa shape index (κ2) is 7.95. The van der Waals surface area contributed by atoms with E-state index in [-0.39, 0.29) is 4.90 Å². The largest absolute Gasteiger partial charge is 0.240 e. The van der Waals surface area contributed by atoms with E-state index in [4.69, 9.17) is 0 Å². The van der Waals surface area contributed by atoms with Crippen LogP contribution in [0, 0.1) is 19.7 Å². The summed E-state index contributed by atoms with van der Waals surface area (Å²) in [7, 11) is -3.58. The Kier molecular flexibility index (Phi) is 6.21. The van der Waals surface area contributed by atoms with E-state index in [1.807, 2.05) is 12.1 Å². The zero-order valence-electron chi connectivity index (χ0n) is 13.2. The Morgan fingerprint density at radius 1 is 1.09 bits per heavy atom. The molecule has 0 radical (unpaired) electrons. The summed E-state index contributed by atoms with van der Waals surface area (Å²) >= 11 is 1.68. The van der Waals surface area contributed by atoms with Gasteiger partial charge in [0.15, 0.2) is 0 Å². The highest BCUT2D eigenvalue weighted by Crippen LogP contribution is 2.16. The van der Waals surface area contributed by atoms with E-state index in [9.17, 15) is 12.8 Å². The lowest BCUT2D eigenvalue weighted by atomic mass is 10.1. The van der Waals surface area contributed by atoms with Crippen molar-refractivity contribution < 1.29 is 12.8 Å². The summed E-state index contributed by atoms with van der Waals surface area (Å²) in [6.45, 7) is 3.96. The Bertz CT molecular complexity index is 776. The second-order valence-electron chi connectivity index (χ2n) is 5.29. The maximum absolute atomic E-state index is 13.2. The van der Waals surface area contributed by atoms with Gasteiger partial charge in [-0.2, -0.15) is 11.8 Å². The van der Waals surface area contributed by atoms with Gasteiger partial charge in [-0.25, -0.2) is 17.5 Å². The zero-order valence-corrected chi connectivity index (χ0v) is 14.8. The van der Waals surface area contributed by atoms with Gasteiger partial charge in [-0.3, -0.25) is 0 Å². The molecule has 0 saturated carbocycles. The molecular weight excluding hydrogens is 333 g/mol. The Balaban J connectivity index is 1.83. The molecule has 0 unspecified atom stereocenters. The van der Waals surface area contributed by atoms with Crippen molar-refractivity contribution in [3.8, 4) is 0 Å². The van der Waals surface area contributed by atoms with Gasteiger partial charge in [-0.05, 0) is 48.7 Å². The molecular formula is C17H20FNO2S2. The van der Waals surface area contributed by atoms with Gasteiger partial charge >= 0.3 is 0 Å². The van der Waals surface area contributed by atoms with E-state index >= 15 is 0 Å². The van der Waals surface area contributed by atoms with Crippen LogP contribution in [0.2, 0.25) is 0 Å². The Morgan fingerprint density at radius 2 is 1.83 bits per heavy atom. The fraction of sp³-hybridized carbons (Fsp3) is 0.294. The first-order chi connectivity index (χ1) is 10.9. The fourth-order valence-corrected chi connectivity index (χ4v) is 4.25. The van der Waals surface area contributed by atoms with Crippen molar-refractivity contribution in [2.75, 3.05) is 12.3 Å². The molecule has 0 aliphatic rings. The first-order valence-corrected chi connectivity index (χ1v) is 9.92. The standard InChI is InChI=1S/C17H20FNO2S2/c1-13-5-3-4-6-15(13)12-22-10-9-19-23(20,21)16-7-8-17(18)14(2)11-16/h3-8,11,19H,9-10,12H2,1-2H3. The van der Waals surface area contributed by atoms with Gasteiger partial charge < -0.3 is 0 Å². The smallest absolute Gasteiger partial charge is 0.210 e. The first kappa shape index (κ1) is 18.0. The Morgan fingerprint density at radius 3 is 2.52 bits per heavy atom. The molecule has 2 aromatic carbocycles. The van der Waals surface area contributed by atoms with Crippen molar-refractivity contribution >= 4 is 21.8 Å². The molecule has 6 heteroatoms. The van der Waals surface area contributed by atoms with Crippen LogP contribution < -0.4 is 4.72 Å². The van der Waals surface area contributed by atoms with Crippen LogP contribution in [0.4, 0.5) is 4.39 Å². The van der Waals surface area contributed by atoms with E-state index in [2.05, 4.69) is 23.8 Å². The molecule has 0 aliphatic heterocycles. The Labute approximate surface area is 141 Å². The van der Waals surface area contributed by atoms with Gasteiger partial charge in [-0.1, -0.05) is 24.3 Å². The molecule has 0 aliphatic carbocycles. The van der Waals surface area contributed by atoms with Crippen molar-refractivity contribution in [1.82, 2.24) is 4.72 Å². The van der Waals surface area contributed by atoms with E-state index in [0.29, 0.717) is 17.9 Å². The lowest BCUT2D eigenvalue weighted by Gasteiger charge is -2.08. The van der Waals surface area contributed by atoms with Gasteiger partial charge in [0, 0.05) is 18.1 Å². The minimum absolute atomic E-state index is 0.0975. The van der Waals surface area contributed by atoms with E-state index in [0.717, 1.165) is 5.75 Å². The number of rotatable bonds is 7. The highest BCUT2D eigenvalue weighted by molar-refractivity contribution is 7.98. The van der Waals surface area contributed by atoms with Crippen LogP contribution in [-0.2, 0) is 15.8 Å². The number of aryl methyl sites for hydroxylation is 2. The zero-order chi connectivity index (χ0) is 16.9. The van der Waals surface area contributed by atoms with Crippen LogP contribution in [0.15, 0.2) is 47.4 Å². The SMILES string of the molecule is Cc1cc(S(=O)(=O)NCCSCc2ccccc2C)ccc1F. The van der Waals surface area contributed by atoms with Crippen molar-refractivity contribution in [2.24, 2.45) is 0 Å². The van der Waals surface area contributed by atoms with Crippen LogP contribution in [0.5, 0.6) is 0 Å². The summed E-state index contributed by atoms with van der Waals surface area (Å²) < 4.78 is 40.0. The molecule has 0 fully saturated rings. The number of nitrogens with one attached hydrogen (secondary N) is 1. The van der Waals surface area contributed by atoms with Crippen LogP contribution in [0.1, 0.15) is 16.7 Å². The molecule has 0 aromatic heterocycles. The molecule has 0 saturated heterocycles. The van der Waals surface area contributed by atoms with Gasteiger partial charge in [-0.15, -0.1) is 0 Å². The van der Waals surface area contributed by atoms with Crippen molar-refractivity contribution in [3.63, 3.8) is 0 Å². The normalized spacial score (nSPS) is 11.6. The minimum atomic E-state index is -3.58. The molecule has 0 bridgehead atoms. The van der Waals surface area contributed by atoms with E-state index in [1.54, 1.807) is 18.7 Å². The van der Waals surface area contributed by atoms with Crippen LogP contribution in [0.25, 0.3) is 0 Å². The summed E-state index contributed by atoms with van der Waals surface area (Å²) in [6.07, 6.45) is 0. The van der Waals surface area contributed by atoms with Crippen molar-refractivity contribution in [2.45, 2.75) is 24.5 Å². The van der Waals surface area contributed by atoms with E-state index in [1.165, 1.54) is 29.3 Å². The molecule has 0 amide bonds. The van der Waals surface area contributed by atoms with Crippen LogP contribution in [-0.4, -0.2) is 20.7 Å². The maximum Gasteiger partial charge on any atom is 0.240 e. The summed E-state index contributed by atoms with van der Waals surface area (Å²) in [6, 6.07) is 12.0. The maximum atomic E-state index is 13.2. The predicted octanol–water partition coefficient (Wildman–Crippen LogP) is 3.65. The third-order valence-electron chi connectivity index (χ3n) is 3.50. The highest BCUT2D eigenvalue weighted by Gasteiger charge is 2.14. The monoisotopic (exact) mass is 353 g/mol. The quantitative estimate of drug-likeness (QED) is 0.773. The predicted molar refractivity (Wildman–Crippen MR) is 93.7 cm³/mol. The lowest BCUT2D eigenvalue weighted by Crippen LogP contribution is -2.26. The second-order valence-corrected chi connectivity index (χ2v) is 8.16. The summed E-state index contributed by atoms with van der Waals surface area (Å²) in [5.41, 5.74) is 2.82. The number of thioether (sulfide) groups is 1. The summed E-state index contributed by atoms with van der Waals surface area (Å²) in [4.78, 5) is 0.0975. The molecule has 2 rings (SSSR count). The molecule has 0 spiro atoms. The molecule has 124 valence electrons. The highest BCUT2D eigenvalue weighted by atomic mass is 32.2. The lowest BCUT2D eigenvalue weighted by molar-refractivity contribution is 0.582. The van der Waals surface area contributed by atoms with Gasteiger partial charge in [0.25, 0.3) is 0 Å². The van der Waals surface area contributed by atoms with Crippen molar-refractivity contribution in [1.29, 1.82) is 0 Å². The summed E-state index contributed by atoms with van der Waals surface area (Å²) in [5.74, 6) is 1.12. The van der Waals surface area contributed by atoms with Gasteiger partial charge in [0.1, 0.15) is 5.82 Å². The summed E-state index contributed by atoms with van der Waals surface area (Å²) in [5, 5.41) is 0. The number of sulfonamides is 1. The third kappa shape index (κ3) is 5.06. The first-order valence-electron chi connectivity index (χ1n) is 7.28. The topological polar surface area (TPSA) is 46.2 Å². The molecule has 3 nitrogen and oxygen atoms in total. The average molecular weight is 353 g/mol. The minimum Gasteiger partial charge on any atom is -0.210 e. The van der Waals surface area contributed by atoms with Gasteiger partial charge in [0.05, 0.1) is 4.90 Å². The van der Waals surface area contributed by atoms with Crippen LogP contribution >= 0.6 is 11.8 Å². The van der Waals surface area contributed by atoms with Gasteiger partial charge in [0.2, 0.25) is 10.0 Å². The van der Waals surface area contributed by atoms with E-state index < -0.39 is 15.8 Å².